The lowest BCUT2D eigenvalue weighted by Gasteiger charge is -2.32. The van der Waals surface area contributed by atoms with Crippen molar-refractivity contribution < 1.29 is 9.32 Å². The monoisotopic (exact) mass is 366 g/mol. The molecular weight excluding hydrogens is 344 g/mol. The van der Waals surface area contributed by atoms with Crippen LogP contribution in [0.15, 0.2) is 35.1 Å². The third kappa shape index (κ3) is 3.42. The van der Waals surface area contributed by atoms with Gasteiger partial charge in [0.05, 0.1) is 24.3 Å². The number of carbonyl (C=O) groups excluding carboxylic acids is 1. The van der Waals surface area contributed by atoms with Crippen LogP contribution in [0, 0.1) is 6.92 Å². The zero-order valence-electron chi connectivity index (χ0n) is 15.6. The Balaban J connectivity index is 1.62. The van der Waals surface area contributed by atoms with E-state index in [0.29, 0.717) is 24.7 Å². The quantitative estimate of drug-likeness (QED) is 0.738. The number of H-pyrrole nitrogens is 1. The molecule has 140 valence electrons. The van der Waals surface area contributed by atoms with Crippen LogP contribution in [-0.4, -0.2) is 31.0 Å². The highest BCUT2D eigenvalue weighted by Crippen LogP contribution is 2.32. The summed E-state index contributed by atoms with van der Waals surface area (Å²) < 4.78 is 5.48. The van der Waals surface area contributed by atoms with Crippen LogP contribution in [0.1, 0.15) is 54.5 Å². The molecule has 1 aromatic carbocycles. The molecule has 1 aliphatic heterocycles. The average molecular weight is 366 g/mol. The van der Waals surface area contributed by atoms with Crippen molar-refractivity contribution in [3.8, 4) is 0 Å². The first-order valence-corrected chi connectivity index (χ1v) is 9.00. The number of hydrogen-bond acceptors (Lipinski definition) is 5. The molecule has 0 radical (unpaired) electrons. The summed E-state index contributed by atoms with van der Waals surface area (Å²) in [6.07, 6.45) is 2.18. The van der Waals surface area contributed by atoms with Crippen LogP contribution in [0.25, 0.3) is 0 Å². The van der Waals surface area contributed by atoms with Crippen LogP contribution < -0.4 is 5.32 Å². The number of hydrogen-bond donors (Lipinski definition) is 2. The van der Waals surface area contributed by atoms with E-state index >= 15 is 0 Å². The minimum atomic E-state index is -0.355. The molecule has 1 unspecified atom stereocenters. The van der Waals surface area contributed by atoms with Gasteiger partial charge in [-0.25, -0.2) is 9.78 Å². The summed E-state index contributed by atoms with van der Waals surface area (Å²) >= 11 is 0. The second-order valence-corrected chi connectivity index (χ2v) is 7.12. The Bertz CT molecular complexity index is 943. The Morgan fingerprint density at radius 1 is 1.33 bits per heavy atom. The zero-order valence-corrected chi connectivity index (χ0v) is 15.6. The average Bonchev–Trinajstić information content (AvgIpc) is 3.31. The van der Waals surface area contributed by atoms with Gasteiger partial charge in [0.1, 0.15) is 6.04 Å². The molecule has 27 heavy (non-hydrogen) atoms. The number of amides is 2. The van der Waals surface area contributed by atoms with Crippen LogP contribution >= 0.6 is 0 Å². The highest BCUT2D eigenvalue weighted by atomic mass is 16.5. The van der Waals surface area contributed by atoms with Crippen LogP contribution in [0.4, 0.5) is 10.5 Å². The summed E-state index contributed by atoms with van der Waals surface area (Å²) in [6, 6.07) is 7.13. The Kier molecular flexibility index (Phi) is 4.39. The molecule has 3 heterocycles. The molecule has 0 saturated heterocycles. The number of aromatic amines is 1. The third-order valence-electron chi connectivity index (χ3n) is 4.72. The van der Waals surface area contributed by atoms with Gasteiger partial charge in [-0.3, -0.25) is 0 Å². The molecule has 4 rings (SSSR count). The van der Waals surface area contributed by atoms with Crippen molar-refractivity contribution in [1.82, 2.24) is 25.0 Å². The predicted molar refractivity (Wildman–Crippen MR) is 99.2 cm³/mol. The van der Waals surface area contributed by atoms with E-state index in [9.17, 15) is 4.79 Å². The van der Waals surface area contributed by atoms with Gasteiger partial charge in [0.25, 0.3) is 0 Å². The molecule has 2 N–H and O–H groups in total. The van der Waals surface area contributed by atoms with E-state index in [2.05, 4.69) is 25.4 Å². The number of fused-ring (bicyclic) bond motifs is 1. The highest BCUT2D eigenvalue weighted by molar-refractivity contribution is 5.89. The lowest BCUT2D eigenvalue weighted by molar-refractivity contribution is 0.155. The molecule has 3 aromatic rings. The molecule has 1 aliphatic rings. The SMILES string of the molecule is Cc1ccc(NC(=O)N2Cc3[nH]cnc3CC2c2nc(C(C)C)no2)cc1. The topological polar surface area (TPSA) is 99.9 Å². The maximum absolute atomic E-state index is 13.0. The summed E-state index contributed by atoms with van der Waals surface area (Å²) in [6.45, 7) is 6.41. The van der Waals surface area contributed by atoms with Crippen molar-refractivity contribution in [2.24, 2.45) is 0 Å². The molecule has 0 saturated carbocycles. The van der Waals surface area contributed by atoms with Gasteiger partial charge in [0.15, 0.2) is 5.82 Å². The van der Waals surface area contributed by atoms with Gasteiger partial charge in [-0.05, 0) is 19.1 Å². The maximum atomic E-state index is 13.0. The number of anilines is 1. The van der Waals surface area contributed by atoms with Gasteiger partial charge in [0, 0.05) is 18.0 Å². The van der Waals surface area contributed by atoms with Gasteiger partial charge in [-0.2, -0.15) is 4.98 Å². The van der Waals surface area contributed by atoms with Gasteiger partial charge in [-0.1, -0.05) is 36.7 Å². The Morgan fingerprint density at radius 2 is 2.11 bits per heavy atom. The van der Waals surface area contributed by atoms with Gasteiger partial charge in [0.2, 0.25) is 5.89 Å². The van der Waals surface area contributed by atoms with Crippen LogP contribution in [0.5, 0.6) is 0 Å². The minimum absolute atomic E-state index is 0.155. The van der Waals surface area contributed by atoms with Crippen molar-refractivity contribution >= 4 is 11.7 Å². The van der Waals surface area contributed by atoms with E-state index in [1.54, 1.807) is 11.2 Å². The summed E-state index contributed by atoms with van der Waals surface area (Å²) in [5.74, 6) is 1.23. The van der Waals surface area contributed by atoms with Crippen molar-refractivity contribution in [2.45, 2.75) is 45.7 Å². The van der Waals surface area contributed by atoms with E-state index in [-0.39, 0.29) is 18.0 Å². The number of imidazole rings is 1. The van der Waals surface area contributed by atoms with E-state index in [1.165, 1.54) is 0 Å². The summed E-state index contributed by atoms with van der Waals surface area (Å²) in [5, 5.41) is 7.00. The predicted octanol–water partition coefficient (Wildman–Crippen LogP) is 3.56. The fraction of sp³-hybridized carbons (Fsp3) is 0.368. The van der Waals surface area contributed by atoms with Gasteiger partial charge >= 0.3 is 6.03 Å². The number of benzene rings is 1. The van der Waals surface area contributed by atoms with E-state index in [4.69, 9.17) is 4.52 Å². The van der Waals surface area contributed by atoms with Crippen molar-refractivity contribution in [1.29, 1.82) is 0 Å². The van der Waals surface area contributed by atoms with Crippen molar-refractivity contribution in [3.63, 3.8) is 0 Å². The number of rotatable bonds is 3. The molecule has 2 aromatic heterocycles. The number of nitrogens with zero attached hydrogens (tertiary/aromatic N) is 4. The highest BCUT2D eigenvalue weighted by Gasteiger charge is 2.36. The second-order valence-electron chi connectivity index (χ2n) is 7.12. The minimum Gasteiger partial charge on any atom is -0.347 e. The molecule has 0 bridgehead atoms. The summed E-state index contributed by atoms with van der Waals surface area (Å²) in [5.41, 5.74) is 3.73. The van der Waals surface area contributed by atoms with E-state index in [1.807, 2.05) is 45.0 Å². The Hall–Kier alpha value is -3.16. The largest absolute Gasteiger partial charge is 0.347 e. The normalized spacial score (nSPS) is 16.4. The molecule has 8 nitrogen and oxygen atoms in total. The third-order valence-corrected chi connectivity index (χ3v) is 4.72. The first-order chi connectivity index (χ1) is 13.0. The summed E-state index contributed by atoms with van der Waals surface area (Å²) in [4.78, 5) is 26.7. The summed E-state index contributed by atoms with van der Waals surface area (Å²) in [7, 11) is 0. The zero-order chi connectivity index (χ0) is 19.0. The molecule has 1 atom stereocenters. The number of aryl methyl sites for hydroxylation is 1. The molecule has 8 heteroatoms. The molecule has 2 amide bonds. The number of carbonyl (C=O) groups is 1. The first-order valence-electron chi connectivity index (χ1n) is 9.00. The standard InChI is InChI=1S/C19H22N6O2/c1-11(2)17-23-18(27-24-17)16-8-14-15(21-10-20-14)9-25(16)19(26)22-13-6-4-12(3)5-7-13/h4-7,10-11,16H,8-9H2,1-3H3,(H,20,21)(H,22,26). The number of aromatic nitrogens is 4. The molecule has 0 aliphatic carbocycles. The second kappa shape index (κ2) is 6.86. The fourth-order valence-corrected chi connectivity index (χ4v) is 3.12. The fourth-order valence-electron chi connectivity index (χ4n) is 3.12. The Morgan fingerprint density at radius 3 is 2.81 bits per heavy atom. The lowest BCUT2D eigenvalue weighted by atomic mass is 10.0. The number of urea groups is 1. The molecule has 0 fully saturated rings. The van der Waals surface area contributed by atoms with Crippen molar-refractivity contribution in [2.75, 3.05) is 5.32 Å². The van der Waals surface area contributed by atoms with Gasteiger partial charge < -0.3 is 19.7 Å². The van der Waals surface area contributed by atoms with Crippen LogP contribution in [0.3, 0.4) is 0 Å². The first kappa shape index (κ1) is 17.3. The van der Waals surface area contributed by atoms with Crippen LogP contribution in [-0.2, 0) is 13.0 Å². The van der Waals surface area contributed by atoms with E-state index in [0.717, 1.165) is 22.6 Å². The molecule has 0 spiro atoms. The van der Waals surface area contributed by atoms with Crippen LogP contribution in [0.2, 0.25) is 0 Å². The number of nitrogens with one attached hydrogen (secondary N) is 2. The maximum Gasteiger partial charge on any atom is 0.322 e. The van der Waals surface area contributed by atoms with E-state index < -0.39 is 0 Å². The lowest BCUT2D eigenvalue weighted by Crippen LogP contribution is -2.41. The Labute approximate surface area is 157 Å². The molecular formula is C19H22N6O2. The van der Waals surface area contributed by atoms with Gasteiger partial charge in [-0.15, -0.1) is 0 Å². The van der Waals surface area contributed by atoms with Crippen molar-refractivity contribution in [3.05, 3.63) is 59.3 Å². The smallest absolute Gasteiger partial charge is 0.322 e.